The third-order valence-corrected chi connectivity index (χ3v) is 4.74. The number of ketones is 1. The van der Waals surface area contributed by atoms with Crippen molar-refractivity contribution in [2.24, 2.45) is 0 Å². The molecule has 0 atom stereocenters. The summed E-state index contributed by atoms with van der Waals surface area (Å²) in [5, 5.41) is 0.515. The summed E-state index contributed by atoms with van der Waals surface area (Å²) >= 11 is 0. The van der Waals surface area contributed by atoms with Crippen LogP contribution in [0.1, 0.15) is 36.7 Å². The molecule has 8 nitrogen and oxygen atoms in total. The Morgan fingerprint density at radius 3 is 2.19 bits per heavy atom. The van der Waals surface area contributed by atoms with Gasteiger partial charge in [-0.1, -0.05) is 0 Å². The van der Waals surface area contributed by atoms with E-state index in [2.05, 4.69) is 0 Å². The Hall–Kier alpha value is -3.81. The van der Waals surface area contributed by atoms with Crippen LogP contribution in [-0.2, 0) is 9.53 Å². The number of benzene rings is 2. The molecule has 1 aromatic heterocycles. The van der Waals surface area contributed by atoms with Crippen LogP contribution < -0.4 is 19.8 Å². The van der Waals surface area contributed by atoms with Crippen LogP contribution in [0, 0.1) is 0 Å². The predicted molar refractivity (Wildman–Crippen MR) is 117 cm³/mol. The molecule has 0 aliphatic heterocycles. The maximum absolute atomic E-state index is 12.9. The number of carbonyl (C=O) groups is 2. The number of methoxy groups -OCH3 is 2. The number of rotatable bonds is 8. The van der Waals surface area contributed by atoms with Crippen LogP contribution in [0.5, 0.6) is 17.2 Å². The van der Waals surface area contributed by atoms with Crippen LogP contribution in [0.2, 0.25) is 0 Å². The fourth-order valence-corrected chi connectivity index (χ4v) is 3.08. The average Bonchev–Trinajstić information content (AvgIpc) is 2.77. The van der Waals surface area contributed by atoms with Crippen LogP contribution in [0.4, 0.5) is 0 Å². The van der Waals surface area contributed by atoms with E-state index >= 15 is 0 Å². The first-order valence-electron chi connectivity index (χ1n) is 9.91. The van der Waals surface area contributed by atoms with Crippen LogP contribution in [-0.4, -0.2) is 38.2 Å². The molecule has 0 bridgehead atoms. The quantitative estimate of drug-likeness (QED) is 0.296. The minimum Gasteiger partial charge on any atom is -0.493 e. The molecular formula is C24H24O8. The van der Waals surface area contributed by atoms with Gasteiger partial charge in [-0.05, 0) is 57.2 Å². The zero-order chi connectivity index (χ0) is 23.5. The van der Waals surface area contributed by atoms with Gasteiger partial charge < -0.3 is 23.4 Å². The summed E-state index contributed by atoms with van der Waals surface area (Å²) in [6.45, 7) is 5.14. The van der Waals surface area contributed by atoms with Gasteiger partial charge in [0.25, 0.3) is 0 Å². The molecule has 8 heteroatoms. The van der Waals surface area contributed by atoms with Crippen LogP contribution in [0.3, 0.4) is 0 Å². The largest absolute Gasteiger partial charge is 0.493 e. The first-order valence-corrected chi connectivity index (χ1v) is 9.91. The van der Waals surface area contributed by atoms with E-state index in [-0.39, 0.29) is 23.3 Å². The Kier molecular flexibility index (Phi) is 6.53. The van der Waals surface area contributed by atoms with E-state index in [1.54, 1.807) is 39.0 Å². The molecule has 3 rings (SSSR count). The predicted octanol–water partition coefficient (Wildman–Crippen LogP) is 3.76. The fraction of sp³-hybridized carbons (Fsp3) is 0.292. The smallest absolute Gasteiger partial charge is 0.349 e. The van der Waals surface area contributed by atoms with Gasteiger partial charge in [0.15, 0.2) is 22.9 Å². The lowest BCUT2D eigenvalue weighted by Crippen LogP contribution is -2.39. The molecular weight excluding hydrogens is 416 g/mol. The Bertz CT molecular complexity index is 1210. The van der Waals surface area contributed by atoms with Gasteiger partial charge in [-0.2, -0.15) is 0 Å². The van der Waals surface area contributed by atoms with Crippen molar-refractivity contribution in [3.8, 4) is 17.2 Å². The van der Waals surface area contributed by atoms with E-state index < -0.39 is 23.0 Å². The van der Waals surface area contributed by atoms with Gasteiger partial charge in [0.2, 0.25) is 0 Å². The lowest BCUT2D eigenvalue weighted by Gasteiger charge is -2.24. The first kappa shape index (κ1) is 22.9. The number of hydrogen-bond donors (Lipinski definition) is 0. The molecule has 0 N–H and O–H groups in total. The van der Waals surface area contributed by atoms with Crippen molar-refractivity contribution in [3.63, 3.8) is 0 Å². The zero-order valence-electron chi connectivity index (χ0n) is 18.5. The van der Waals surface area contributed by atoms with Gasteiger partial charge in [0, 0.05) is 17.0 Å². The van der Waals surface area contributed by atoms with Gasteiger partial charge in [-0.3, -0.25) is 4.79 Å². The Morgan fingerprint density at radius 1 is 0.969 bits per heavy atom. The molecule has 0 saturated heterocycles. The van der Waals surface area contributed by atoms with Gasteiger partial charge in [0.05, 0.1) is 20.8 Å². The minimum atomic E-state index is -1.19. The number of fused-ring (bicyclic) bond motifs is 1. The molecule has 0 unspecified atom stereocenters. The summed E-state index contributed by atoms with van der Waals surface area (Å²) in [4.78, 5) is 37.4. The standard InChI is InChI=1S/C24H24O8/c1-6-30-23(27)24(2,3)32-16-9-7-14(8-10-16)21(25)17-11-15-12-19(28-4)20(29-5)13-18(15)31-22(17)26/h7-13H,6H2,1-5H3. The summed E-state index contributed by atoms with van der Waals surface area (Å²) in [5.74, 6) is 0.219. The molecule has 168 valence electrons. The van der Waals surface area contributed by atoms with Crippen molar-refractivity contribution in [2.75, 3.05) is 20.8 Å². The highest BCUT2D eigenvalue weighted by Gasteiger charge is 2.31. The van der Waals surface area contributed by atoms with E-state index in [1.165, 1.54) is 38.5 Å². The second-order valence-corrected chi connectivity index (χ2v) is 7.38. The van der Waals surface area contributed by atoms with Crippen LogP contribution in [0.25, 0.3) is 11.0 Å². The summed E-state index contributed by atoms with van der Waals surface area (Å²) < 4.78 is 26.5. The Labute approximate surface area is 184 Å². The average molecular weight is 440 g/mol. The number of esters is 1. The van der Waals surface area contributed by atoms with Crippen LogP contribution >= 0.6 is 0 Å². The fourth-order valence-electron chi connectivity index (χ4n) is 3.08. The molecule has 3 aromatic rings. The van der Waals surface area contributed by atoms with Crippen molar-refractivity contribution < 1.29 is 33.0 Å². The normalized spacial score (nSPS) is 11.2. The molecule has 0 fully saturated rings. The summed E-state index contributed by atoms with van der Waals surface area (Å²) in [6, 6.07) is 10.7. The number of hydrogen-bond acceptors (Lipinski definition) is 8. The molecule has 32 heavy (non-hydrogen) atoms. The maximum Gasteiger partial charge on any atom is 0.349 e. The van der Waals surface area contributed by atoms with E-state index in [0.717, 1.165) is 0 Å². The molecule has 2 aromatic carbocycles. The highest BCUT2D eigenvalue weighted by atomic mass is 16.6. The highest BCUT2D eigenvalue weighted by molar-refractivity contribution is 6.10. The molecule has 0 amide bonds. The molecule has 0 radical (unpaired) electrons. The van der Waals surface area contributed by atoms with Gasteiger partial charge in [-0.25, -0.2) is 9.59 Å². The SMILES string of the molecule is CCOC(=O)C(C)(C)Oc1ccc(C(=O)c2cc3cc(OC)c(OC)cc3oc2=O)cc1. The van der Waals surface area contributed by atoms with Crippen molar-refractivity contribution >= 4 is 22.7 Å². The van der Waals surface area contributed by atoms with Gasteiger partial charge in [-0.15, -0.1) is 0 Å². The number of carbonyl (C=O) groups excluding carboxylic acids is 2. The topological polar surface area (TPSA) is 101 Å². The van der Waals surface area contributed by atoms with E-state index in [1.807, 2.05) is 0 Å². The number of ether oxygens (including phenoxy) is 4. The highest BCUT2D eigenvalue weighted by Crippen LogP contribution is 2.32. The molecule has 0 saturated carbocycles. The van der Waals surface area contributed by atoms with Crippen molar-refractivity contribution in [1.82, 2.24) is 0 Å². The molecule has 1 heterocycles. The molecule has 0 aliphatic rings. The van der Waals surface area contributed by atoms with Crippen molar-refractivity contribution in [3.05, 3.63) is 64.0 Å². The minimum absolute atomic E-state index is 0.120. The van der Waals surface area contributed by atoms with E-state index in [0.29, 0.717) is 22.6 Å². The second-order valence-electron chi connectivity index (χ2n) is 7.38. The molecule has 0 spiro atoms. The van der Waals surface area contributed by atoms with Crippen LogP contribution in [0.15, 0.2) is 51.7 Å². The van der Waals surface area contributed by atoms with Gasteiger partial charge in [0.1, 0.15) is 16.9 Å². The Morgan fingerprint density at radius 2 is 1.59 bits per heavy atom. The second kappa shape index (κ2) is 9.13. The first-order chi connectivity index (χ1) is 15.2. The zero-order valence-corrected chi connectivity index (χ0v) is 18.5. The third kappa shape index (κ3) is 4.59. The maximum atomic E-state index is 12.9. The van der Waals surface area contributed by atoms with Crippen molar-refractivity contribution in [2.45, 2.75) is 26.4 Å². The summed E-state index contributed by atoms with van der Waals surface area (Å²) in [5.41, 5.74) is -1.54. The Balaban J connectivity index is 1.89. The summed E-state index contributed by atoms with van der Waals surface area (Å²) in [6.07, 6.45) is 0. The lowest BCUT2D eigenvalue weighted by atomic mass is 10.0. The lowest BCUT2D eigenvalue weighted by molar-refractivity contribution is -0.158. The van der Waals surface area contributed by atoms with E-state index in [9.17, 15) is 14.4 Å². The van der Waals surface area contributed by atoms with E-state index in [4.69, 9.17) is 23.4 Å². The molecule has 0 aliphatic carbocycles. The summed E-state index contributed by atoms with van der Waals surface area (Å²) in [7, 11) is 2.96. The monoisotopic (exact) mass is 440 g/mol. The third-order valence-electron chi connectivity index (χ3n) is 4.74. The van der Waals surface area contributed by atoms with Crippen molar-refractivity contribution in [1.29, 1.82) is 0 Å². The van der Waals surface area contributed by atoms with Gasteiger partial charge >= 0.3 is 11.6 Å².